The number of Topliss-reactive ketones (excluding diaryl/α,β-unsaturated/α-hetero) is 1. The first-order valence-electron chi connectivity index (χ1n) is 12.2. The van der Waals surface area contributed by atoms with Gasteiger partial charge in [-0.2, -0.15) is 4.68 Å². The summed E-state index contributed by atoms with van der Waals surface area (Å²) in [6.07, 6.45) is 2.98. The number of ketones is 1. The highest BCUT2D eigenvalue weighted by Gasteiger charge is 2.35. The van der Waals surface area contributed by atoms with E-state index in [-0.39, 0.29) is 36.3 Å². The predicted molar refractivity (Wildman–Crippen MR) is 128 cm³/mol. The largest absolute Gasteiger partial charge is 0.437 e. The lowest BCUT2D eigenvalue weighted by molar-refractivity contribution is -0.127. The lowest BCUT2D eigenvalue weighted by Crippen LogP contribution is -2.52. The highest BCUT2D eigenvalue weighted by Crippen LogP contribution is 2.25. The van der Waals surface area contributed by atoms with E-state index in [1.165, 1.54) is 0 Å². The van der Waals surface area contributed by atoms with Crippen molar-refractivity contribution in [3.8, 4) is 0 Å². The van der Waals surface area contributed by atoms with Gasteiger partial charge in [0.1, 0.15) is 6.04 Å². The van der Waals surface area contributed by atoms with E-state index in [9.17, 15) is 19.2 Å². The Labute approximate surface area is 204 Å². The second-order valence-corrected chi connectivity index (χ2v) is 9.17. The van der Waals surface area contributed by atoms with Crippen molar-refractivity contribution in [1.82, 2.24) is 20.4 Å². The van der Waals surface area contributed by atoms with Gasteiger partial charge >= 0.3 is 5.76 Å². The normalized spacial score (nSPS) is 18.7. The Kier molecular flexibility index (Phi) is 9.36. The summed E-state index contributed by atoms with van der Waals surface area (Å²) >= 11 is 0. The van der Waals surface area contributed by atoms with Crippen molar-refractivity contribution in [3.05, 3.63) is 52.3 Å². The summed E-state index contributed by atoms with van der Waals surface area (Å²) in [4.78, 5) is 51.1. The van der Waals surface area contributed by atoms with Gasteiger partial charge < -0.3 is 19.8 Å². The number of rotatable bonds is 11. The summed E-state index contributed by atoms with van der Waals surface area (Å²) in [6, 6.07) is 7.40. The van der Waals surface area contributed by atoms with Gasteiger partial charge in [-0.15, -0.1) is 5.10 Å². The molecule has 2 aromatic rings. The summed E-state index contributed by atoms with van der Waals surface area (Å²) in [5.74, 6) is -2.68. The van der Waals surface area contributed by atoms with Crippen LogP contribution in [0.4, 0.5) is 0 Å². The van der Waals surface area contributed by atoms with Crippen LogP contribution in [0, 0.1) is 11.8 Å². The van der Waals surface area contributed by atoms with Crippen LogP contribution in [0.25, 0.3) is 0 Å². The summed E-state index contributed by atoms with van der Waals surface area (Å²) in [6.45, 7) is 6.16. The maximum Gasteiger partial charge on any atom is 0.437 e. The van der Waals surface area contributed by atoms with Crippen molar-refractivity contribution in [2.24, 2.45) is 11.8 Å². The van der Waals surface area contributed by atoms with Crippen LogP contribution >= 0.6 is 0 Å². The van der Waals surface area contributed by atoms with Crippen molar-refractivity contribution >= 4 is 17.6 Å². The topological polar surface area (TPSA) is 133 Å². The number of hydrogen-bond acceptors (Lipinski definition) is 7. The highest BCUT2D eigenvalue weighted by atomic mass is 16.5. The van der Waals surface area contributed by atoms with Crippen LogP contribution in [0.3, 0.4) is 0 Å². The second-order valence-electron chi connectivity index (χ2n) is 9.17. The standard InChI is InChI=1S/C25H34N4O6/c1-4-34-15-20(21(30)24-28-29(14-16(2)3)25(33)35-24)27-23(32)18-12-8-9-13-19(18)26-22(31)17-10-6-5-7-11-17/h5-7,10-11,16,18-20H,4,8-9,12-15H2,1-3H3,(H,26,31)(H,27,32)/t18?,19-,20-/m0/s1. The van der Waals surface area contributed by atoms with Crippen molar-refractivity contribution < 1.29 is 23.5 Å². The van der Waals surface area contributed by atoms with Gasteiger partial charge in [0, 0.05) is 18.2 Å². The lowest BCUT2D eigenvalue weighted by atomic mass is 9.83. The van der Waals surface area contributed by atoms with Gasteiger partial charge in [0.15, 0.2) is 0 Å². The second kappa shape index (κ2) is 12.4. The minimum atomic E-state index is -1.07. The summed E-state index contributed by atoms with van der Waals surface area (Å²) in [7, 11) is 0. The average molecular weight is 487 g/mol. The minimum Gasteiger partial charge on any atom is -0.384 e. The smallest absolute Gasteiger partial charge is 0.384 e. The molecule has 1 fully saturated rings. The van der Waals surface area contributed by atoms with Gasteiger partial charge in [0.2, 0.25) is 11.7 Å². The molecule has 0 saturated heterocycles. The van der Waals surface area contributed by atoms with E-state index in [0.29, 0.717) is 31.6 Å². The van der Waals surface area contributed by atoms with Gasteiger partial charge in [-0.3, -0.25) is 14.4 Å². The van der Waals surface area contributed by atoms with Crippen LogP contribution in [-0.2, 0) is 16.1 Å². The van der Waals surface area contributed by atoms with E-state index >= 15 is 0 Å². The molecule has 1 aliphatic carbocycles. The number of amides is 2. The van der Waals surface area contributed by atoms with E-state index < -0.39 is 23.5 Å². The Morgan fingerprint density at radius 2 is 1.89 bits per heavy atom. The number of carbonyl (C=O) groups excluding carboxylic acids is 3. The first kappa shape index (κ1) is 26.3. The number of ether oxygens (including phenoxy) is 1. The SMILES string of the molecule is CCOC[C@H](NC(=O)C1CCCC[C@@H]1NC(=O)c1ccccc1)C(=O)c1nn(CC(C)C)c(=O)o1. The number of hydrogen-bond donors (Lipinski definition) is 2. The zero-order valence-corrected chi connectivity index (χ0v) is 20.5. The lowest BCUT2D eigenvalue weighted by Gasteiger charge is -2.32. The molecule has 2 amide bonds. The third kappa shape index (κ3) is 7.11. The van der Waals surface area contributed by atoms with Gasteiger partial charge in [-0.25, -0.2) is 4.79 Å². The van der Waals surface area contributed by atoms with Crippen LogP contribution in [0.15, 0.2) is 39.5 Å². The molecule has 3 atom stereocenters. The fourth-order valence-electron chi connectivity index (χ4n) is 4.17. The van der Waals surface area contributed by atoms with Crippen molar-refractivity contribution in [2.75, 3.05) is 13.2 Å². The fraction of sp³-hybridized carbons (Fsp3) is 0.560. The number of benzene rings is 1. The van der Waals surface area contributed by atoms with E-state index in [2.05, 4.69) is 15.7 Å². The fourth-order valence-corrected chi connectivity index (χ4v) is 4.17. The molecule has 10 nitrogen and oxygen atoms in total. The molecule has 1 aromatic carbocycles. The maximum absolute atomic E-state index is 13.3. The molecule has 0 bridgehead atoms. The number of carbonyl (C=O) groups is 3. The molecular formula is C25H34N4O6. The van der Waals surface area contributed by atoms with Crippen LogP contribution in [-0.4, -0.2) is 52.7 Å². The van der Waals surface area contributed by atoms with Crippen molar-refractivity contribution in [1.29, 1.82) is 0 Å². The number of nitrogens with zero attached hydrogens (tertiary/aromatic N) is 2. The predicted octanol–water partition coefficient (Wildman–Crippen LogP) is 2.19. The van der Waals surface area contributed by atoms with Gasteiger partial charge in [-0.05, 0) is 37.8 Å². The molecule has 1 unspecified atom stereocenters. The highest BCUT2D eigenvalue weighted by molar-refractivity contribution is 5.99. The summed E-state index contributed by atoms with van der Waals surface area (Å²) in [5, 5.41) is 9.75. The molecule has 10 heteroatoms. The molecule has 1 saturated carbocycles. The Morgan fingerprint density at radius 3 is 2.57 bits per heavy atom. The third-order valence-corrected chi connectivity index (χ3v) is 5.93. The monoisotopic (exact) mass is 486 g/mol. The molecule has 2 N–H and O–H groups in total. The number of aromatic nitrogens is 2. The molecular weight excluding hydrogens is 452 g/mol. The molecule has 190 valence electrons. The third-order valence-electron chi connectivity index (χ3n) is 5.93. The molecule has 1 aliphatic rings. The van der Waals surface area contributed by atoms with Crippen molar-refractivity contribution in [2.45, 2.75) is 65.1 Å². The molecule has 3 rings (SSSR count). The van der Waals surface area contributed by atoms with E-state index in [1.54, 1.807) is 31.2 Å². The van der Waals surface area contributed by atoms with Gasteiger partial charge in [0.25, 0.3) is 11.8 Å². The first-order chi connectivity index (χ1) is 16.8. The summed E-state index contributed by atoms with van der Waals surface area (Å²) in [5.41, 5.74) is 0.522. The van der Waals surface area contributed by atoms with E-state index in [4.69, 9.17) is 9.15 Å². The van der Waals surface area contributed by atoms with E-state index in [1.807, 2.05) is 19.9 Å². The van der Waals surface area contributed by atoms with Crippen LogP contribution < -0.4 is 16.4 Å². The molecule has 0 aliphatic heterocycles. The quantitative estimate of drug-likeness (QED) is 0.465. The zero-order valence-electron chi connectivity index (χ0n) is 20.5. The molecule has 35 heavy (non-hydrogen) atoms. The van der Waals surface area contributed by atoms with Crippen LogP contribution in [0.2, 0.25) is 0 Å². The average Bonchev–Trinajstić information content (AvgIpc) is 3.21. The van der Waals surface area contributed by atoms with Crippen LogP contribution in [0.5, 0.6) is 0 Å². The van der Waals surface area contributed by atoms with Crippen LogP contribution in [0.1, 0.15) is 67.5 Å². The van der Waals surface area contributed by atoms with Crippen molar-refractivity contribution in [3.63, 3.8) is 0 Å². The Bertz CT molecular complexity index is 1060. The first-order valence-corrected chi connectivity index (χ1v) is 12.2. The Hall–Kier alpha value is -3.27. The summed E-state index contributed by atoms with van der Waals surface area (Å²) < 4.78 is 11.6. The maximum atomic E-state index is 13.3. The Morgan fingerprint density at radius 1 is 1.17 bits per heavy atom. The van der Waals surface area contributed by atoms with Gasteiger partial charge in [-0.1, -0.05) is 44.9 Å². The number of nitrogens with one attached hydrogen (secondary N) is 2. The van der Waals surface area contributed by atoms with Gasteiger partial charge in [0.05, 0.1) is 19.1 Å². The molecule has 1 aromatic heterocycles. The Balaban J connectivity index is 1.73. The molecule has 0 radical (unpaired) electrons. The zero-order chi connectivity index (χ0) is 25.4. The molecule has 0 spiro atoms. The van der Waals surface area contributed by atoms with E-state index in [0.717, 1.165) is 17.5 Å². The minimum absolute atomic E-state index is 0.0877. The molecule has 1 heterocycles.